The Hall–Kier alpha value is -0.240. The SMILES string of the molecule is Nc1ccc(Br)c(S(=O)(=O)NC2CCCSC2)c1. The number of hydrogen-bond donors (Lipinski definition) is 2. The van der Waals surface area contributed by atoms with Gasteiger partial charge in [0.15, 0.2) is 0 Å². The zero-order valence-corrected chi connectivity index (χ0v) is 12.9. The van der Waals surface area contributed by atoms with Gasteiger partial charge in [-0.2, -0.15) is 11.8 Å². The van der Waals surface area contributed by atoms with Crippen LogP contribution in [0, 0.1) is 0 Å². The van der Waals surface area contributed by atoms with E-state index in [0.29, 0.717) is 10.2 Å². The van der Waals surface area contributed by atoms with E-state index in [2.05, 4.69) is 20.7 Å². The summed E-state index contributed by atoms with van der Waals surface area (Å²) in [7, 11) is -3.50. The minimum Gasteiger partial charge on any atom is -0.399 e. The molecule has 0 radical (unpaired) electrons. The van der Waals surface area contributed by atoms with Crippen LogP contribution >= 0.6 is 27.7 Å². The molecule has 1 atom stereocenters. The summed E-state index contributed by atoms with van der Waals surface area (Å²) in [5, 5.41) is 0. The summed E-state index contributed by atoms with van der Waals surface area (Å²) in [6.07, 6.45) is 1.95. The number of nitrogen functional groups attached to an aromatic ring is 1. The number of halogens is 1. The van der Waals surface area contributed by atoms with Gasteiger partial charge in [-0.3, -0.25) is 0 Å². The van der Waals surface area contributed by atoms with Gasteiger partial charge in [-0.1, -0.05) is 0 Å². The number of nitrogens with one attached hydrogen (secondary N) is 1. The number of nitrogens with two attached hydrogens (primary N) is 1. The highest BCUT2D eigenvalue weighted by molar-refractivity contribution is 9.10. The quantitative estimate of drug-likeness (QED) is 0.819. The molecular formula is C11H15BrN2O2S2. The van der Waals surface area contributed by atoms with Crippen molar-refractivity contribution in [2.75, 3.05) is 17.2 Å². The van der Waals surface area contributed by atoms with Crippen molar-refractivity contribution < 1.29 is 8.42 Å². The Labute approximate surface area is 120 Å². The molecule has 1 aromatic carbocycles. The van der Waals surface area contributed by atoms with Crippen molar-refractivity contribution in [2.24, 2.45) is 0 Å². The molecule has 4 nitrogen and oxygen atoms in total. The van der Waals surface area contributed by atoms with Crippen LogP contribution in [0.4, 0.5) is 5.69 Å². The monoisotopic (exact) mass is 350 g/mol. The van der Waals surface area contributed by atoms with Crippen LogP contribution in [0.2, 0.25) is 0 Å². The summed E-state index contributed by atoms with van der Waals surface area (Å²) in [6.45, 7) is 0. The lowest BCUT2D eigenvalue weighted by molar-refractivity contribution is 0.543. The average molecular weight is 351 g/mol. The molecule has 1 saturated heterocycles. The number of sulfonamides is 1. The average Bonchev–Trinajstić information content (AvgIpc) is 2.33. The number of thioether (sulfide) groups is 1. The highest BCUT2D eigenvalue weighted by Gasteiger charge is 2.23. The molecule has 0 bridgehead atoms. The van der Waals surface area contributed by atoms with E-state index in [1.807, 2.05) is 0 Å². The zero-order chi connectivity index (χ0) is 13.2. The maximum Gasteiger partial charge on any atom is 0.242 e. The van der Waals surface area contributed by atoms with Gasteiger partial charge in [0.05, 0.1) is 4.90 Å². The van der Waals surface area contributed by atoms with Crippen molar-refractivity contribution in [3.63, 3.8) is 0 Å². The van der Waals surface area contributed by atoms with Crippen molar-refractivity contribution in [1.82, 2.24) is 4.72 Å². The number of anilines is 1. The molecule has 1 heterocycles. The maximum absolute atomic E-state index is 12.3. The molecule has 0 aromatic heterocycles. The van der Waals surface area contributed by atoms with E-state index in [9.17, 15) is 8.42 Å². The van der Waals surface area contributed by atoms with Gasteiger partial charge in [0.1, 0.15) is 0 Å². The van der Waals surface area contributed by atoms with Crippen molar-refractivity contribution in [3.8, 4) is 0 Å². The summed E-state index contributed by atoms with van der Waals surface area (Å²) in [5.74, 6) is 1.94. The van der Waals surface area contributed by atoms with E-state index in [4.69, 9.17) is 5.73 Å². The van der Waals surface area contributed by atoms with Crippen molar-refractivity contribution in [2.45, 2.75) is 23.8 Å². The Balaban J connectivity index is 2.21. The number of hydrogen-bond acceptors (Lipinski definition) is 4. The third-order valence-electron chi connectivity index (χ3n) is 2.73. The second-order valence-electron chi connectivity index (χ2n) is 4.23. The van der Waals surface area contributed by atoms with Crippen LogP contribution in [-0.2, 0) is 10.0 Å². The first-order valence-corrected chi connectivity index (χ1v) is 9.07. The summed E-state index contributed by atoms with van der Waals surface area (Å²) in [4.78, 5) is 0.207. The van der Waals surface area contributed by atoms with E-state index >= 15 is 0 Å². The summed E-state index contributed by atoms with van der Waals surface area (Å²) in [6, 6.07) is 4.81. The van der Waals surface area contributed by atoms with E-state index in [1.165, 1.54) is 6.07 Å². The predicted octanol–water partition coefficient (Wildman–Crippen LogP) is 2.21. The fraction of sp³-hybridized carbons (Fsp3) is 0.455. The van der Waals surface area contributed by atoms with Crippen LogP contribution in [-0.4, -0.2) is 26.0 Å². The van der Waals surface area contributed by atoms with Crippen LogP contribution in [0.3, 0.4) is 0 Å². The van der Waals surface area contributed by atoms with Crippen LogP contribution < -0.4 is 10.5 Å². The molecule has 0 saturated carbocycles. The highest BCUT2D eigenvalue weighted by atomic mass is 79.9. The second-order valence-corrected chi connectivity index (χ2v) is 7.91. The molecule has 7 heteroatoms. The molecule has 18 heavy (non-hydrogen) atoms. The van der Waals surface area contributed by atoms with Gasteiger partial charge in [-0.05, 0) is 52.7 Å². The zero-order valence-electron chi connectivity index (χ0n) is 9.73. The van der Waals surface area contributed by atoms with E-state index in [0.717, 1.165) is 24.3 Å². The van der Waals surface area contributed by atoms with E-state index < -0.39 is 10.0 Å². The smallest absolute Gasteiger partial charge is 0.242 e. The van der Waals surface area contributed by atoms with Gasteiger partial charge in [-0.25, -0.2) is 13.1 Å². The van der Waals surface area contributed by atoms with Crippen LogP contribution in [0.1, 0.15) is 12.8 Å². The lowest BCUT2D eigenvalue weighted by Crippen LogP contribution is -2.38. The Morgan fingerprint density at radius 1 is 1.44 bits per heavy atom. The first-order chi connectivity index (χ1) is 8.49. The second kappa shape index (κ2) is 5.81. The van der Waals surface area contributed by atoms with Gasteiger partial charge in [0, 0.05) is 22.0 Å². The largest absolute Gasteiger partial charge is 0.399 e. The molecule has 1 unspecified atom stereocenters. The van der Waals surface area contributed by atoms with Crippen LogP contribution in [0.5, 0.6) is 0 Å². The molecule has 0 spiro atoms. The highest BCUT2D eigenvalue weighted by Crippen LogP contribution is 2.25. The van der Waals surface area contributed by atoms with E-state index in [1.54, 1.807) is 23.9 Å². The maximum atomic E-state index is 12.3. The van der Waals surface area contributed by atoms with Crippen LogP contribution in [0.15, 0.2) is 27.6 Å². The Bertz CT molecular complexity index is 528. The van der Waals surface area contributed by atoms with E-state index in [-0.39, 0.29) is 10.9 Å². The van der Waals surface area contributed by atoms with Crippen molar-refractivity contribution >= 4 is 43.4 Å². The lowest BCUT2D eigenvalue weighted by Gasteiger charge is -2.22. The Morgan fingerprint density at radius 3 is 2.89 bits per heavy atom. The molecule has 0 aliphatic carbocycles. The predicted molar refractivity (Wildman–Crippen MR) is 79.2 cm³/mol. The van der Waals surface area contributed by atoms with Gasteiger partial charge < -0.3 is 5.73 Å². The number of benzene rings is 1. The normalized spacial score (nSPS) is 20.8. The van der Waals surface area contributed by atoms with Crippen molar-refractivity contribution in [3.05, 3.63) is 22.7 Å². The molecule has 0 amide bonds. The molecule has 1 aliphatic rings. The fourth-order valence-electron chi connectivity index (χ4n) is 1.84. The lowest BCUT2D eigenvalue weighted by atomic mass is 10.2. The molecule has 1 aromatic rings. The fourth-order valence-corrected chi connectivity index (χ4v) is 5.29. The molecule has 1 aliphatic heterocycles. The summed E-state index contributed by atoms with van der Waals surface area (Å²) >= 11 is 5.03. The first-order valence-electron chi connectivity index (χ1n) is 5.64. The van der Waals surface area contributed by atoms with Gasteiger partial charge in [0.2, 0.25) is 10.0 Å². The molecule has 2 rings (SSSR count). The molecular weight excluding hydrogens is 336 g/mol. The van der Waals surface area contributed by atoms with Gasteiger partial charge >= 0.3 is 0 Å². The van der Waals surface area contributed by atoms with Crippen molar-refractivity contribution in [1.29, 1.82) is 0 Å². The third kappa shape index (κ3) is 3.40. The molecule has 100 valence electrons. The standard InChI is InChI=1S/C11H15BrN2O2S2/c12-10-4-3-8(13)6-11(10)18(15,16)14-9-2-1-5-17-7-9/h3-4,6,9,14H,1-2,5,7,13H2. The van der Waals surface area contributed by atoms with Gasteiger partial charge in [-0.15, -0.1) is 0 Å². The Morgan fingerprint density at radius 2 is 2.22 bits per heavy atom. The van der Waals surface area contributed by atoms with Gasteiger partial charge in [0.25, 0.3) is 0 Å². The summed E-state index contributed by atoms with van der Waals surface area (Å²) in [5.41, 5.74) is 6.08. The van der Waals surface area contributed by atoms with Crippen LogP contribution in [0.25, 0.3) is 0 Å². The minimum absolute atomic E-state index is 0.0158. The first kappa shape index (κ1) is 14.2. The Kier molecular flexibility index (Phi) is 4.58. The molecule has 3 N–H and O–H groups in total. The third-order valence-corrected chi connectivity index (χ3v) is 6.46. The minimum atomic E-state index is -3.50. The number of rotatable bonds is 3. The molecule has 1 fully saturated rings. The summed E-state index contributed by atoms with van der Waals surface area (Å²) < 4.78 is 27.8. The topological polar surface area (TPSA) is 72.2 Å².